The Balaban J connectivity index is 1.79. The molecule has 2 atom stereocenters. The van der Waals surface area contributed by atoms with Crippen LogP contribution in [0.3, 0.4) is 0 Å². The van der Waals surface area contributed by atoms with E-state index in [4.69, 9.17) is 4.42 Å². The first kappa shape index (κ1) is 18.2. The minimum atomic E-state index is -0.112. The Morgan fingerprint density at radius 1 is 1.16 bits per heavy atom. The van der Waals surface area contributed by atoms with Gasteiger partial charge in [-0.15, -0.1) is 0 Å². The summed E-state index contributed by atoms with van der Waals surface area (Å²) in [5.41, 5.74) is 4.13. The largest absolute Gasteiger partial charge is 0.423 e. The predicted octanol–water partition coefficient (Wildman–Crippen LogP) is 6.38. The van der Waals surface area contributed by atoms with Gasteiger partial charge in [-0.2, -0.15) is 0 Å². The van der Waals surface area contributed by atoms with Crippen LogP contribution in [-0.4, -0.2) is 0 Å². The van der Waals surface area contributed by atoms with Crippen molar-refractivity contribution in [2.24, 2.45) is 5.92 Å². The lowest BCUT2D eigenvalue weighted by molar-refractivity contribution is 0.474. The van der Waals surface area contributed by atoms with E-state index >= 15 is 0 Å². The first-order valence-electron chi connectivity index (χ1n) is 10.2. The predicted molar refractivity (Wildman–Crippen MR) is 105 cm³/mol. The summed E-state index contributed by atoms with van der Waals surface area (Å²) in [6.07, 6.45) is 10.8. The first-order valence-corrected chi connectivity index (χ1v) is 10.2. The number of unbranched alkanes of at least 4 members (excludes halogenated alkanes) is 4. The number of fused-ring (bicyclic) bond motifs is 3. The van der Waals surface area contributed by atoms with Crippen molar-refractivity contribution in [1.82, 2.24) is 0 Å². The summed E-state index contributed by atoms with van der Waals surface area (Å²) in [7, 11) is 0. The summed E-state index contributed by atoms with van der Waals surface area (Å²) in [5, 5.41) is 1.15. The Hall–Kier alpha value is -1.57. The van der Waals surface area contributed by atoms with Gasteiger partial charge in [-0.1, -0.05) is 65.0 Å². The van der Waals surface area contributed by atoms with E-state index in [1.54, 1.807) is 0 Å². The monoisotopic (exact) mass is 340 g/mol. The third-order valence-corrected chi connectivity index (χ3v) is 5.89. The van der Waals surface area contributed by atoms with Gasteiger partial charge in [0, 0.05) is 10.9 Å². The normalized spacial score (nSPS) is 18.3. The lowest BCUT2D eigenvalue weighted by Gasteiger charge is -2.22. The molecule has 0 bridgehead atoms. The van der Waals surface area contributed by atoms with Crippen LogP contribution < -0.4 is 5.63 Å². The molecule has 0 aliphatic heterocycles. The molecule has 1 aromatic carbocycles. The number of benzene rings is 1. The summed E-state index contributed by atoms with van der Waals surface area (Å²) >= 11 is 0. The van der Waals surface area contributed by atoms with Gasteiger partial charge < -0.3 is 4.42 Å². The van der Waals surface area contributed by atoms with E-state index in [2.05, 4.69) is 39.0 Å². The molecule has 0 N–H and O–H groups in total. The molecular formula is C23H32O2. The number of hydrogen-bond donors (Lipinski definition) is 0. The van der Waals surface area contributed by atoms with Crippen LogP contribution in [0.4, 0.5) is 0 Å². The molecule has 0 amide bonds. The summed E-state index contributed by atoms with van der Waals surface area (Å²) in [4.78, 5) is 12.4. The van der Waals surface area contributed by atoms with Crippen LogP contribution in [0.1, 0.15) is 88.3 Å². The van der Waals surface area contributed by atoms with E-state index < -0.39 is 0 Å². The SMILES string of the molecule is CCCCCCCC(C)c1ccc2c3c(c(=O)oc2c1)CCC(C)C3. The van der Waals surface area contributed by atoms with Crippen molar-refractivity contribution in [1.29, 1.82) is 0 Å². The third-order valence-electron chi connectivity index (χ3n) is 5.89. The van der Waals surface area contributed by atoms with E-state index in [-0.39, 0.29) is 5.63 Å². The van der Waals surface area contributed by atoms with Gasteiger partial charge in [-0.3, -0.25) is 0 Å². The second-order valence-electron chi connectivity index (χ2n) is 8.05. The first-order chi connectivity index (χ1) is 12.1. The zero-order valence-corrected chi connectivity index (χ0v) is 16.1. The Morgan fingerprint density at radius 2 is 1.96 bits per heavy atom. The molecule has 1 aliphatic rings. The highest BCUT2D eigenvalue weighted by molar-refractivity contribution is 5.82. The fourth-order valence-corrected chi connectivity index (χ4v) is 4.17. The summed E-state index contributed by atoms with van der Waals surface area (Å²) in [5.74, 6) is 1.17. The Kier molecular flexibility index (Phi) is 5.98. The molecule has 0 fully saturated rings. The van der Waals surface area contributed by atoms with Gasteiger partial charge in [0.05, 0.1) is 0 Å². The van der Waals surface area contributed by atoms with Gasteiger partial charge in [0.15, 0.2) is 0 Å². The highest BCUT2D eigenvalue weighted by atomic mass is 16.4. The van der Waals surface area contributed by atoms with Gasteiger partial charge in [0.1, 0.15) is 5.58 Å². The van der Waals surface area contributed by atoms with Crippen LogP contribution in [0.5, 0.6) is 0 Å². The molecule has 0 saturated carbocycles. The van der Waals surface area contributed by atoms with Crippen LogP contribution in [0.25, 0.3) is 11.0 Å². The molecule has 2 unspecified atom stereocenters. The molecule has 2 nitrogen and oxygen atoms in total. The molecule has 0 saturated heterocycles. The molecule has 136 valence electrons. The van der Waals surface area contributed by atoms with Gasteiger partial charge in [0.2, 0.25) is 0 Å². The van der Waals surface area contributed by atoms with Crippen LogP contribution in [0.15, 0.2) is 27.4 Å². The van der Waals surface area contributed by atoms with Crippen LogP contribution in [-0.2, 0) is 12.8 Å². The molecule has 1 aliphatic carbocycles. The molecule has 1 aromatic heterocycles. The maximum Gasteiger partial charge on any atom is 0.339 e. The standard InChI is InChI=1S/C23H32O2/c1-4-5-6-7-8-9-17(3)18-11-13-19-21-14-16(2)10-12-20(21)23(24)25-22(19)15-18/h11,13,15-17H,4-10,12,14H2,1-3H3. The second-order valence-corrected chi connectivity index (χ2v) is 8.05. The van der Waals surface area contributed by atoms with Crippen LogP contribution in [0, 0.1) is 5.92 Å². The van der Waals surface area contributed by atoms with Gasteiger partial charge in [-0.25, -0.2) is 4.79 Å². The van der Waals surface area contributed by atoms with Crippen molar-refractivity contribution < 1.29 is 4.42 Å². The molecule has 0 spiro atoms. The Labute approximate surface area is 151 Å². The van der Waals surface area contributed by atoms with Crippen molar-refractivity contribution in [3.8, 4) is 0 Å². The lowest BCUT2D eigenvalue weighted by atomic mass is 9.84. The molecular weight excluding hydrogens is 308 g/mol. The summed E-state index contributed by atoms with van der Waals surface area (Å²) < 4.78 is 5.69. The fraction of sp³-hybridized carbons (Fsp3) is 0.609. The number of rotatable bonds is 7. The summed E-state index contributed by atoms with van der Waals surface area (Å²) in [6, 6.07) is 6.56. The molecule has 25 heavy (non-hydrogen) atoms. The van der Waals surface area contributed by atoms with E-state index in [0.717, 1.165) is 35.8 Å². The fourth-order valence-electron chi connectivity index (χ4n) is 4.17. The molecule has 0 radical (unpaired) electrons. The van der Waals surface area contributed by atoms with E-state index in [0.29, 0.717) is 11.8 Å². The molecule has 2 heteroatoms. The van der Waals surface area contributed by atoms with E-state index in [1.807, 2.05) is 0 Å². The van der Waals surface area contributed by atoms with Crippen molar-refractivity contribution in [2.75, 3.05) is 0 Å². The second kappa shape index (κ2) is 8.21. The topological polar surface area (TPSA) is 30.2 Å². The average molecular weight is 341 g/mol. The Bertz CT molecular complexity index is 771. The molecule has 3 rings (SSSR count). The van der Waals surface area contributed by atoms with E-state index in [1.165, 1.54) is 49.7 Å². The highest BCUT2D eigenvalue weighted by Gasteiger charge is 2.22. The zero-order valence-electron chi connectivity index (χ0n) is 16.1. The highest BCUT2D eigenvalue weighted by Crippen LogP contribution is 2.32. The van der Waals surface area contributed by atoms with Crippen LogP contribution >= 0.6 is 0 Å². The van der Waals surface area contributed by atoms with Gasteiger partial charge in [0.25, 0.3) is 0 Å². The zero-order chi connectivity index (χ0) is 17.8. The Morgan fingerprint density at radius 3 is 2.76 bits per heavy atom. The maximum atomic E-state index is 12.4. The van der Waals surface area contributed by atoms with E-state index in [9.17, 15) is 4.79 Å². The van der Waals surface area contributed by atoms with Gasteiger partial charge in [-0.05, 0) is 54.7 Å². The minimum absolute atomic E-state index is 0.112. The molecule has 1 heterocycles. The lowest BCUT2D eigenvalue weighted by Crippen LogP contribution is -2.20. The quantitative estimate of drug-likeness (QED) is 0.432. The molecule has 2 aromatic rings. The van der Waals surface area contributed by atoms with Crippen LogP contribution in [0.2, 0.25) is 0 Å². The maximum absolute atomic E-state index is 12.4. The summed E-state index contributed by atoms with van der Waals surface area (Å²) in [6.45, 7) is 6.82. The number of hydrogen-bond acceptors (Lipinski definition) is 2. The van der Waals surface area contributed by atoms with Crippen molar-refractivity contribution in [3.63, 3.8) is 0 Å². The third kappa shape index (κ3) is 4.16. The van der Waals surface area contributed by atoms with Gasteiger partial charge >= 0.3 is 5.63 Å². The average Bonchev–Trinajstić information content (AvgIpc) is 2.61. The van der Waals surface area contributed by atoms with Crippen molar-refractivity contribution in [2.45, 2.75) is 84.5 Å². The van der Waals surface area contributed by atoms with Crippen molar-refractivity contribution in [3.05, 3.63) is 45.3 Å². The van der Waals surface area contributed by atoms with Crippen molar-refractivity contribution >= 4 is 11.0 Å². The smallest absolute Gasteiger partial charge is 0.339 e. The minimum Gasteiger partial charge on any atom is -0.423 e.